The van der Waals surface area contributed by atoms with Gasteiger partial charge in [0.1, 0.15) is 11.4 Å². The second-order valence-electron chi connectivity index (χ2n) is 6.63. The van der Waals surface area contributed by atoms with Gasteiger partial charge in [-0.1, -0.05) is 62.1 Å². The predicted molar refractivity (Wildman–Crippen MR) is 113 cm³/mol. The molecule has 0 saturated carbocycles. The van der Waals surface area contributed by atoms with E-state index in [-0.39, 0.29) is 0 Å². The molecule has 0 spiro atoms. The van der Waals surface area contributed by atoms with E-state index in [0.717, 1.165) is 46.5 Å². The molecule has 3 rings (SSSR count). The lowest BCUT2D eigenvalue weighted by Crippen LogP contribution is -1.97. The molecule has 0 aliphatic carbocycles. The fourth-order valence-corrected chi connectivity index (χ4v) is 3.18. The molecule has 1 aromatic heterocycles. The number of aryl methyl sites for hydroxylation is 1. The van der Waals surface area contributed by atoms with Crippen molar-refractivity contribution < 1.29 is 4.74 Å². The third-order valence-corrected chi connectivity index (χ3v) is 4.70. The Bertz CT molecular complexity index is 1010. The highest BCUT2D eigenvalue weighted by molar-refractivity contribution is 5.89. The van der Waals surface area contributed by atoms with Gasteiger partial charge in [0, 0.05) is 18.0 Å². The molecule has 0 unspecified atom stereocenters. The Hall–Kier alpha value is -3.10. The van der Waals surface area contributed by atoms with Crippen LogP contribution >= 0.6 is 0 Å². The van der Waals surface area contributed by atoms with Crippen molar-refractivity contribution in [1.82, 2.24) is 4.57 Å². The van der Waals surface area contributed by atoms with E-state index in [0.29, 0.717) is 0 Å². The van der Waals surface area contributed by atoms with Gasteiger partial charge in [-0.25, -0.2) is 0 Å². The molecule has 2 aromatic carbocycles. The first-order chi connectivity index (χ1) is 13.2. The summed E-state index contributed by atoms with van der Waals surface area (Å²) in [7, 11) is 1.98. The molecule has 27 heavy (non-hydrogen) atoms. The summed E-state index contributed by atoms with van der Waals surface area (Å²) in [5.41, 5.74) is 3.77. The summed E-state index contributed by atoms with van der Waals surface area (Å²) < 4.78 is 7.81. The second-order valence-corrected chi connectivity index (χ2v) is 6.63. The molecule has 0 radical (unpaired) electrons. The van der Waals surface area contributed by atoms with Crippen LogP contribution in [0.1, 0.15) is 49.4 Å². The van der Waals surface area contributed by atoms with Crippen LogP contribution in [-0.2, 0) is 7.05 Å². The lowest BCUT2D eigenvalue weighted by Gasteiger charge is -2.05. The number of aromatic nitrogens is 1. The Morgan fingerprint density at radius 3 is 2.48 bits per heavy atom. The zero-order valence-corrected chi connectivity index (χ0v) is 16.1. The second kappa shape index (κ2) is 9.02. The van der Waals surface area contributed by atoms with Crippen LogP contribution in [0.15, 0.2) is 48.5 Å². The maximum absolute atomic E-state index is 5.79. The summed E-state index contributed by atoms with van der Waals surface area (Å²) in [6, 6.07) is 16.1. The third-order valence-electron chi connectivity index (χ3n) is 4.70. The van der Waals surface area contributed by atoms with Gasteiger partial charge in [-0.05, 0) is 36.8 Å². The van der Waals surface area contributed by atoms with Gasteiger partial charge in [0.2, 0.25) is 0 Å². The van der Waals surface area contributed by atoms with E-state index in [9.17, 15) is 0 Å². The lowest BCUT2D eigenvalue weighted by molar-refractivity contribution is 0.305. The summed E-state index contributed by atoms with van der Waals surface area (Å²) in [6.07, 6.45) is 10.6. The highest BCUT2D eigenvalue weighted by Gasteiger charge is 2.10. The van der Waals surface area contributed by atoms with Crippen molar-refractivity contribution in [3.05, 3.63) is 65.4 Å². The van der Waals surface area contributed by atoms with Gasteiger partial charge in [0.25, 0.3) is 0 Å². The molecular weight excluding hydrogens is 330 g/mol. The molecule has 0 atom stereocenters. The molecule has 1 heterocycles. The van der Waals surface area contributed by atoms with Crippen molar-refractivity contribution in [2.45, 2.75) is 32.6 Å². The van der Waals surface area contributed by atoms with Crippen LogP contribution < -0.4 is 4.74 Å². The summed E-state index contributed by atoms with van der Waals surface area (Å²) >= 11 is 0. The number of unbranched alkanes of at least 4 members (excludes halogenated alkanes) is 3. The van der Waals surface area contributed by atoms with Gasteiger partial charge >= 0.3 is 0 Å². The van der Waals surface area contributed by atoms with Gasteiger partial charge in [0.05, 0.1) is 17.7 Å². The van der Waals surface area contributed by atoms with E-state index in [1.807, 2.05) is 48.0 Å². The third kappa shape index (κ3) is 4.36. The fourth-order valence-electron chi connectivity index (χ4n) is 3.18. The minimum atomic E-state index is 0.770. The Balaban J connectivity index is 1.75. The van der Waals surface area contributed by atoms with Crippen molar-refractivity contribution in [3.63, 3.8) is 0 Å². The quantitative estimate of drug-likeness (QED) is 0.419. The molecule has 0 N–H and O–H groups in total. The van der Waals surface area contributed by atoms with Crippen LogP contribution in [0.3, 0.4) is 0 Å². The van der Waals surface area contributed by atoms with Crippen molar-refractivity contribution >= 4 is 10.9 Å². The number of benzene rings is 2. The van der Waals surface area contributed by atoms with E-state index >= 15 is 0 Å². The average Bonchev–Trinajstić information content (AvgIpc) is 2.98. The maximum atomic E-state index is 5.79. The normalized spacial score (nSPS) is 10.3. The Morgan fingerprint density at radius 1 is 0.963 bits per heavy atom. The van der Waals surface area contributed by atoms with E-state index in [2.05, 4.69) is 36.8 Å². The fraction of sp³-hybridized carbons (Fsp3) is 0.280. The Kier molecular flexibility index (Phi) is 6.24. The van der Waals surface area contributed by atoms with Crippen LogP contribution in [0.25, 0.3) is 10.9 Å². The molecular formula is C25H25NO. The predicted octanol–water partition coefficient (Wildman–Crippen LogP) is 5.52. The molecule has 2 nitrogen and oxygen atoms in total. The van der Waals surface area contributed by atoms with Gasteiger partial charge < -0.3 is 9.30 Å². The summed E-state index contributed by atoms with van der Waals surface area (Å²) in [5, 5.41) is 1.09. The molecule has 0 aliphatic heterocycles. The highest BCUT2D eigenvalue weighted by Crippen LogP contribution is 2.24. The van der Waals surface area contributed by atoms with Crippen molar-refractivity contribution in [1.29, 1.82) is 0 Å². The van der Waals surface area contributed by atoms with Crippen LogP contribution in [-0.4, -0.2) is 11.2 Å². The zero-order valence-electron chi connectivity index (χ0n) is 16.1. The number of fused-ring (bicyclic) bond motifs is 1. The number of hydrogen-bond acceptors (Lipinski definition) is 1. The number of nitrogens with zero attached hydrogens (tertiary/aromatic N) is 1. The Labute approximate surface area is 162 Å². The highest BCUT2D eigenvalue weighted by atomic mass is 16.5. The van der Waals surface area contributed by atoms with Crippen molar-refractivity contribution in [2.24, 2.45) is 7.05 Å². The van der Waals surface area contributed by atoms with Gasteiger partial charge in [0.15, 0.2) is 0 Å². The molecule has 0 fully saturated rings. The summed E-state index contributed by atoms with van der Waals surface area (Å²) in [6.45, 7) is 2.98. The first-order valence-electron chi connectivity index (χ1n) is 9.53. The molecule has 2 heteroatoms. The van der Waals surface area contributed by atoms with E-state index in [1.165, 1.54) is 19.3 Å². The van der Waals surface area contributed by atoms with Crippen LogP contribution in [0, 0.1) is 24.2 Å². The molecule has 136 valence electrons. The monoisotopic (exact) mass is 355 g/mol. The Morgan fingerprint density at radius 2 is 1.74 bits per heavy atom. The molecule has 0 saturated heterocycles. The number of terminal acetylenes is 1. The van der Waals surface area contributed by atoms with Gasteiger partial charge in [-0.3, -0.25) is 0 Å². The minimum absolute atomic E-state index is 0.770. The molecule has 0 aliphatic rings. The largest absolute Gasteiger partial charge is 0.494 e. The van der Waals surface area contributed by atoms with E-state index < -0.39 is 0 Å². The van der Waals surface area contributed by atoms with E-state index in [1.54, 1.807) is 0 Å². The number of hydrogen-bond donors (Lipinski definition) is 0. The minimum Gasteiger partial charge on any atom is -0.494 e. The maximum Gasteiger partial charge on any atom is 0.119 e. The standard InChI is InChI=1S/C25H25NO/c1-4-6-7-10-19-27-21-16-13-20(14-17-21)15-18-23-22-11-8-9-12-25(22)26(3)24(23)5-2/h2,8-9,11-14,16-17H,4,6-7,10,19H2,1,3H3. The molecule has 0 amide bonds. The van der Waals surface area contributed by atoms with Gasteiger partial charge in [-0.2, -0.15) is 0 Å². The zero-order chi connectivity index (χ0) is 19.1. The topological polar surface area (TPSA) is 14.2 Å². The smallest absolute Gasteiger partial charge is 0.119 e. The van der Waals surface area contributed by atoms with E-state index in [4.69, 9.17) is 11.2 Å². The number of rotatable bonds is 6. The van der Waals surface area contributed by atoms with Gasteiger partial charge in [-0.15, -0.1) is 6.42 Å². The van der Waals surface area contributed by atoms with Crippen LogP contribution in [0.2, 0.25) is 0 Å². The van der Waals surface area contributed by atoms with Crippen molar-refractivity contribution in [3.8, 4) is 29.9 Å². The number of ether oxygens (including phenoxy) is 1. The summed E-state index contributed by atoms with van der Waals surface area (Å²) in [4.78, 5) is 0. The van der Waals surface area contributed by atoms with Crippen LogP contribution in [0.4, 0.5) is 0 Å². The first kappa shape index (κ1) is 18.7. The van der Waals surface area contributed by atoms with Crippen LogP contribution in [0.5, 0.6) is 5.75 Å². The first-order valence-corrected chi connectivity index (χ1v) is 9.53. The number of para-hydroxylation sites is 1. The molecule has 3 aromatic rings. The van der Waals surface area contributed by atoms with Crippen molar-refractivity contribution in [2.75, 3.05) is 6.61 Å². The molecule has 0 bridgehead atoms. The average molecular weight is 355 g/mol. The SMILES string of the molecule is C#Cc1c(C#Cc2ccc(OCCCCCC)cc2)c2ccccc2n1C. The lowest BCUT2D eigenvalue weighted by atomic mass is 10.1. The summed E-state index contributed by atoms with van der Waals surface area (Å²) in [5.74, 6) is 10.2.